The van der Waals surface area contributed by atoms with Crippen molar-refractivity contribution in [1.29, 1.82) is 0 Å². The number of carbonyl (C=O) groups excluding carboxylic acids is 3. The highest BCUT2D eigenvalue weighted by atomic mass is 32.1. The Labute approximate surface area is 344 Å². The third kappa shape index (κ3) is 10.2. The number of likely N-dealkylation sites (tertiary alicyclic amines) is 1. The van der Waals surface area contributed by atoms with Crippen molar-refractivity contribution in [3.05, 3.63) is 161 Å². The van der Waals surface area contributed by atoms with Crippen molar-refractivity contribution < 1.29 is 19.1 Å². The summed E-state index contributed by atoms with van der Waals surface area (Å²) in [6, 6.07) is 43.4. The second-order valence-electron chi connectivity index (χ2n) is 14.2. The number of pyridine rings is 1. The van der Waals surface area contributed by atoms with Gasteiger partial charge in [0.1, 0.15) is 6.10 Å². The van der Waals surface area contributed by atoms with Gasteiger partial charge in [0.15, 0.2) is 0 Å². The third-order valence-electron chi connectivity index (χ3n) is 10.2. The number of hydrogen-bond acceptors (Lipinski definition) is 8. The molecule has 1 saturated heterocycles. The van der Waals surface area contributed by atoms with Crippen molar-refractivity contribution in [2.45, 2.75) is 25.5 Å². The molecule has 0 bridgehead atoms. The summed E-state index contributed by atoms with van der Waals surface area (Å²) in [7, 11) is 1.79. The zero-order valence-electron chi connectivity index (χ0n) is 32.6. The number of benzene rings is 4. The number of nitrogens with zero attached hydrogens (tertiary/aromatic N) is 4. The number of ether oxygens (including phenoxy) is 1. The largest absolute Gasteiger partial charge is 0.445 e. The molecule has 6 aromatic rings. The first-order valence-electron chi connectivity index (χ1n) is 19.7. The van der Waals surface area contributed by atoms with Crippen LogP contribution in [0.2, 0.25) is 0 Å². The molecule has 58 heavy (non-hydrogen) atoms. The highest BCUT2D eigenvalue weighted by molar-refractivity contribution is 7.15. The van der Waals surface area contributed by atoms with E-state index in [1.54, 1.807) is 41.4 Å². The van der Waals surface area contributed by atoms with Crippen LogP contribution in [0.1, 0.15) is 37.7 Å². The fourth-order valence-electron chi connectivity index (χ4n) is 7.07. The fourth-order valence-corrected chi connectivity index (χ4v) is 7.99. The summed E-state index contributed by atoms with van der Waals surface area (Å²) in [5.74, 6) is -0.302. The van der Waals surface area contributed by atoms with Gasteiger partial charge in [-0.05, 0) is 65.9 Å². The van der Waals surface area contributed by atoms with E-state index in [1.165, 1.54) is 11.3 Å². The molecule has 2 N–H and O–H groups in total. The monoisotopic (exact) mass is 792 g/mol. The van der Waals surface area contributed by atoms with Gasteiger partial charge in [0, 0.05) is 76.4 Å². The summed E-state index contributed by atoms with van der Waals surface area (Å²) < 4.78 is 6.35. The van der Waals surface area contributed by atoms with Crippen LogP contribution < -0.4 is 15.5 Å². The number of piperidine rings is 1. The van der Waals surface area contributed by atoms with Crippen LogP contribution in [-0.2, 0) is 11.3 Å². The molecule has 296 valence electrons. The number of anilines is 2. The molecule has 11 heteroatoms. The van der Waals surface area contributed by atoms with E-state index in [1.807, 2.05) is 97.1 Å². The molecule has 0 spiro atoms. The van der Waals surface area contributed by atoms with Crippen LogP contribution in [0, 0.1) is 0 Å². The average molecular weight is 793 g/mol. The second-order valence-corrected chi connectivity index (χ2v) is 15.3. The number of hydrogen-bond donors (Lipinski definition) is 2. The van der Waals surface area contributed by atoms with Gasteiger partial charge in [-0.15, -0.1) is 11.3 Å². The number of nitrogens with one attached hydrogen (secondary N) is 2. The maximum absolute atomic E-state index is 14.5. The Morgan fingerprint density at radius 1 is 0.724 bits per heavy atom. The highest BCUT2D eigenvalue weighted by Gasteiger charge is 2.30. The molecule has 0 radical (unpaired) electrons. The number of rotatable bonds is 15. The summed E-state index contributed by atoms with van der Waals surface area (Å²) in [6.07, 6.45) is 4.19. The number of carbonyl (C=O) groups is 3. The van der Waals surface area contributed by atoms with E-state index < -0.39 is 6.09 Å². The Kier molecular flexibility index (Phi) is 13.7. The van der Waals surface area contributed by atoms with Crippen LogP contribution in [0.3, 0.4) is 0 Å². The summed E-state index contributed by atoms with van der Waals surface area (Å²) >= 11 is 1.21. The highest BCUT2D eigenvalue weighted by Crippen LogP contribution is 2.40. The predicted molar refractivity (Wildman–Crippen MR) is 231 cm³/mol. The SMILES string of the molecule is CN(CCN1CCC(OC(=O)N(c2ccccc2-c2ccccc2)c2ccccc2-c2ccccc2)CC1)C(=O)c1ccc(C(=O)NCCNCc2ccncc2)s1. The average Bonchev–Trinajstić information content (AvgIpc) is 3.78. The van der Waals surface area contributed by atoms with Crippen LogP contribution in [0.25, 0.3) is 22.3 Å². The maximum atomic E-state index is 14.5. The van der Waals surface area contributed by atoms with Gasteiger partial charge in [0.05, 0.1) is 21.1 Å². The quantitative estimate of drug-likeness (QED) is 0.101. The first-order valence-corrected chi connectivity index (χ1v) is 20.5. The molecule has 10 nitrogen and oxygen atoms in total. The number of para-hydroxylation sites is 2. The van der Waals surface area contributed by atoms with Crippen LogP contribution in [0.15, 0.2) is 146 Å². The van der Waals surface area contributed by atoms with Gasteiger partial charge in [-0.1, -0.05) is 97.1 Å². The first kappa shape index (κ1) is 40.1. The van der Waals surface area contributed by atoms with Gasteiger partial charge in [0.2, 0.25) is 0 Å². The van der Waals surface area contributed by atoms with E-state index in [2.05, 4.69) is 44.8 Å². The van der Waals surface area contributed by atoms with Crippen LogP contribution in [-0.4, -0.2) is 85.1 Å². The first-order chi connectivity index (χ1) is 28.4. The lowest BCUT2D eigenvalue weighted by molar-refractivity contribution is 0.0519. The predicted octanol–water partition coefficient (Wildman–Crippen LogP) is 8.51. The fraction of sp³-hybridized carbons (Fsp3) is 0.234. The van der Waals surface area contributed by atoms with Crippen molar-refractivity contribution in [1.82, 2.24) is 25.4 Å². The van der Waals surface area contributed by atoms with Gasteiger partial charge in [0.25, 0.3) is 11.8 Å². The number of likely N-dealkylation sites (N-methyl/N-ethyl adjacent to an activating group) is 1. The Balaban J connectivity index is 0.932. The van der Waals surface area contributed by atoms with Crippen LogP contribution in [0.5, 0.6) is 0 Å². The molecule has 0 aliphatic carbocycles. The minimum Gasteiger partial charge on any atom is -0.445 e. The lowest BCUT2D eigenvalue weighted by atomic mass is 10.00. The van der Waals surface area contributed by atoms with E-state index in [0.29, 0.717) is 55.3 Å². The van der Waals surface area contributed by atoms with Gasteiger partial charge in [-0.25, -0.2) is 9.69 Å². The Morgan fingerprint density at radius 3 is 1.91 bits per heavy atom. The molecule has 3 amide bonds. The lowest BCUT2D eigenvalue weighted by Crippen LogP contribution is -2.43. The van der Waals surface area contributed by atoms with Crippen molar-refractivity contribution in [2.75, 3.05) is 51.2 Å². The minimum absolute atomic E-state index is 0.112. The Hall–Kier alpha value is -6.14. The van der Waals surface area contributed by atoms with Gasteiger partial charge >= 0.3 is 6.09 Å². The molecule has 1 fully saturated rings. The minimum atomic E-state index is -0.419. The summed E-state index contributed by atoms with van der Waals surface area (Å²) in [4.78, 5) is 51.3. The van der Waals surface area contributed by atoms with E-state index >= 15 is 0 Å². The van der Waals surface area contributed by atoms with Gasteiger partial charge < -0.3 is 25.2 Å². The second kappa shape index (κ2) is 19.8. The number of thiophene rings is 1. The smallest absolute Gasteiger partial charge is 0.419 e. The van der Waals surface area contributed by atoms with Gasteiger partial charge in [-0.2, -0.15) is 0 Å². The Morgan fingerprint density at radius 2 is 1.29 bits per heavy atom. The maximum Gasteiger partial charge on any atom is 0.419 e. The molecule has 7 rings (SSSR count). The standard InChI is InChI=1S/C47H48N6O4S/c1-51(46(55)44-21-20-43(58-44)45(54)50-29-28-49-34-35-22-26-48-27-23-35)32-33-52-30-24-38(25-31-52)57-47(56)53(41-18-10-8-16-39(41)36-12-4-2-5-13-36)42-19-11-9-17-40(42)37-14-6-3-7-15-37/h2-23,26-27,38,49H,24-25,28-34H2,1H3,(H,50,54). The molecule has 3 heterocycles. The number of aromatic nitrogens is 1. The molecule has 2 aromatic heterocycles. The van der Waals surface area contributed by atoms with Gasteiger partial charge in [-0.3, -0.25) is 14.6 Å². The molecule has 0 saturated carbocycles. The van der Waals surface area contributed by atoms with Crippen LogP contribution in [0.4, 0.5) is 16.2 Å². The molecular weight excluding hydrogens is 745 g/mol. The van der Waals surface area contributed by atoms with Crippen molar-refractivity contribution in [3.63, 3.8) is 0 Å². The van der Waals surface area contributed by atoms with Crippen molar-refractivity contribution >= 4 is 40.6 Å². The molecule has 1 aliphatic rings. The van der Waals surface area contributed by atoms with E-state index in [4.69, 9.17) is 4.74 Å². The third-order valence-corrected chi connectivity index (χ3v) is 11.3. The summed E-state index contributed by atoms with van der Waals surface area (Å²) in [5.41, 5.74) is 6.49. The summed E-state index contributed by atoms with van der Waals surface area (Å²) in [5, 5.41) is 6.22. The van der Waals surface area contributed by atoms with E-state index in [9.17, 15) is 14.4 Å². The molecule has 4 aromatic carbocycles. The zero-order valence-corrected chi connectivity index (χ0v) is 33.4. The normalized spacial score (nSPS) is 13.1. The molecule has 0 atom stereocenters. The Bertz CT molecular complexity index is 2180. The molecular formula is C47H48N6O4S. The topological polar surface area (TPSA) is 107 Å². The lowest BCUT2D eigenvalue weighted by Gasteiger charge is -2.34. The molecule has 1 aliphatic heterocycles. The summed E-state index contributed by atoms with van der Waals surface area (Å²) in [6.45, 7) is 4.50. The van der Waals surface area contributed by atoms with Crippen molar-refractivity contribution in [3.8, 4) is 22.3 Å². The molecule has 0 unspecified atom stereocenters. The van der Waals surface area contributed by atoms with E-state index in [0.717, 1.165) is 52.3 Å². The zero-order chi connectivity index (χ0) is 40.1. The van der Waals surface area contributed by atoms with Crippen LogP contribution >= 0.6 is 11.3 Å². The van der Waals surface area contributed by atoms with E-state index in [-0.39, 0.29) is 17.9 Å². The van der Waals surface area contributed by atoms with Crippen molar-refractivity contribution in [2.24, 2.45) is 0 Å². The number of amides is 3.